The van der Waals surface area contributed by atoms with E-state index in [2.05, 4.69) is 107 Å². The van der Waals surface area contributed by atoms with E-state index in [1.165, 1.54) is 26.4 Å². The van der Waals surface area contributed by atoms with Crippen molar-refractivity contribution in [2.24, 2.45) is 10.8 Å². The Morgan fingerprint density at radius 2 is 1.37 bits per heavy atom. The Kier molecular flexibility index (Phi) is 12.2. The molecule has 0 spiro atoms. The first-order chi connectivity index (χ1) is 21.2. The molecular formula is C41H50IrNO2S-. The monoisotopic (exact) mass is 813 g/mol. The van der Waals surface area contributed by atoms with E-state index in [9.17, 15) is 9.90 Å². The first-order valence-electron chi connectivity index (χ1n) is 16.4. The summed E-state index contributed by atoms with van der Waals surface area (Å²) in [5, 5.41) is 17.5. The minimum absolute atomic E-state index is 0. The van der Waals surface area contributed by atoms with Gasteiger partial charge in [0.05, 0.1) is 5.52 Å². The Hall–Kier alpha value is -2.85. The molecule has 2 aromatic heterocycles. The number of carbonyl (C=O) groups excluding carboxylic acids is 1. The molecule has 3 nitrogen and oxygen atoms in total. The van der Waals surface area contributed by atoms with Crippen molar-refractivity contribution >= 4 is 48.9 Å². The van der Waals surface area contributed by atoms with Crippen molar-refractivity contribution in [3.8, 4) is 11.3 Å². The van der Waals surface area contributed by atoms with Gasteiger partial charge in [0.2, 0.25) is 0 Å². The van der Waals surface area contributed by atoms with Crippen LogP contribution >= 0.6 is 11.3 Å². The number of nitrogens with zero attached hydrogens (tertiary/aromatic N) is 1. The Labute approximate surface area is 293 Å². The van der Waals surface area contributed by atoms with Gasteiger partial charge in [-0.15, -0.1) is 40.5 Å². The average Bonchev–Trinajstić information content (AvgIpc) is 3.56. The molecule has 0 aliphatic heterocycles. The van der Waals surface area contributed by atoms with Gasteiger partial charge in [0.1, 0.15) is 5.76 Å². The van der Waals surface area contributed by atoms with Crippen LogP contribution in [0.5, 0.6) is 0 Å². The zero-order valence-electron chi connectivity index (χ0n) is 29.2. The van der Waals surface area contributed by atoms with Crippen molar-refractivity contribution in [3.63, 3.8) is 0 Å². The van der Waals surface area contributed by atoms with Crippen LogP contribution in [0.15, 0.2) is 77.4 Å². The van der Waals surface area contributed by atoms with Crippen molar-refractivity contribution in [2.75, 3.05) is 0 Å². The van der Waals surface area contributed by atoms with Gasteiger partial charge < -0.3 is 5.11 Å². The number of ketones is 1. The number of aliphatic hydroxyl groups excluding tert-OH is 1. The number of fused-ring (bicyclic) bond motifs is 4. The summed E-state index contributed by atoms with van der Waals surface area (Å²) < 4.78 is 1.24. The third-order valence-electron chi connectivity index (χ3n) is 10.1. The van der Waals surface area contributed by atoms with E-state index in [1.807, 2.05) is 27.7 Å². The zero-order chi connectivity index (χ0) is 33.2. The van der Waals surface area contributed by atoms with Gasteiger partial charge in [-0.25, -0.2) is 0 Å². The normalized spacial score (nSPS) is 12.8. The Morgan fingerprint density at radius 1 is 0.804 bits per heavy atom. The van der Waals surface area contributed by atoms with Gasteiger partial charge in [-0.3, -0.25) is 9.78 Å². The molecule has 0 atom stereocenters. The Morgan fingerprint density at radius 3 is 1.96 bits per heavy atom. The van der Waals surface area contributed by atoms with Crippen LogP contribution in [0.2, 0.25) is 0 Å². The number of allylic oxidation sites excluding steroid dienone is 2. The van der Waals surface area contributed by atoms with E-state index in [-0.39, 0.29) is 47.9 Å². The number of aliphatic hydroxyl groups is 1. The summed E-state index contributed by atoms with van der Waals surface area (Å²) in [5.41, 5.74) is 4.47. The minimum atomic E-state index is -0.347. The van der Waals surface area contributed by atoms with Crippen LogP contribution in [0.25, 0.3) is 43.0 Å². The zero-order valence-corrected chi connectivity index (χ0v) is 32.4. The molecule has 3 aromatic carbocycles. The number of pyridine rings is 1. The molecule has 0 aliphatic rings. The van der Waals surface area contributed by atoms with Gasteiger partial charge in [0, 0.05) is 52.3 Å². The standard InChI is InChI=1S/C25H20NS.C16H30O2.Ir/c1-25(2,3)21-15-17(14-16-8-4-5-9-18(16)21)23-24-20(12-13-27-24)19-10-6-7-11-22(19)26-23;1-8-15(6,9-2)13(17)12(5)14(18)16(7,10-3)11-4;/h4-13,15H,1-3H3;17H,8-11H2,1-7H3;/q-1;;/b;13-12-;. The van der Waals surface area contributed by atoms with Crippen LogP contribution in [0, 0.1) is 16.9 Å². The van der Waals surface area contributed by atoms with E-state index in [4.69, 9.17) is 4.98 Å². The molecule has 0 aliphatic carbocycles. The first kappa shape index (κ1) is 37.6. The number of hydrogen-bond donors (Lipinski definition) is 1. The maximum Gasteiger partial charge on any atom is 0.167 e. The number of para-hydroxylation sites is 1. The fraction of sp³-hybridized carbons (Fsp3) is 0.415. The van der Waals surface area contributed by atoms with Gasteiger partial charge >= 0.3 is 0 Å². The molecule has 0 amide bonds. The molecule has 5 heteroatoms. The van der Waals surface area contributed by atoms with E-state index in [0.29, 0.717) is 5.57 Å². The summed E-state index contributed by atoms with van der Waals surface area (Å²) >= 11 is 1.76. The van der Waals surface area contributed by atoms with Gasteiger partial charge in [0.25, 0.3) is 0 Å². The molecule has 247 valence electrons. The Bertz CT molecular complexity index is 1850. The maximum absolute atomic E-state index is 12.5. The molecule has 5 aromatic rings. The van der Waals surface area contributed by atoms with Crippen LogP contribution in [0.3, 0.4) is 0 Å². The van der Waals surface area contributed by atoms with Crippen LogP contribution in [-0.4, -0.2) is 15.9 Å². The summed E-state index contributed by atoms with van der Waals surface area (Å²) in [4.78, 5) is 17.6. The van der Waals surface area contributed by atoms with Crippen molar-refractivity contribution in [1.29, 1.82) is 0 Å². The summed E-state index contributed by atoms with van der Waals surface area (Å²) in [5.74, 6) is 0.378. The van der Waals surface area contributed by atoms with E-state index in [1.54, 1.807) is 18.3 Å². The Balaban J connectivity index is 0.000000269. The topological polar surface area (TPSA) is 50.2 Å². The number of benzene rings is 3. The van der Waals surface area contributed by atoms with Gasteiger partial charge in [-0.1, -0.05) is 110 Å². The third-order valence-corrected chi connectivity index (χ3v) is 11.0. The average molecular weight is 813 g/mol. The quantitative estimate of drug-likeness (QED) is 0.0964. The predicted molar refractivity (Wildman–Crippen MR) is 195 cm³/mol. The van der Waals surface area contributed by atoms with Crippen molar-refractivity contribution < 1.29 is 30.0 Å². The molecular weight excluding hydrogens is 763 g/mol. The van der Waals surface area contributed by atoms with Crippen LogP contribution in [0.4, 0.5) is 0 Å². The molecule has 0 unspecified atom stereocenters. The summed E-state index contributed by atoms with van der Waals surface area (Å²) in [7, 11) is 0. The smallest absolute Gasteiger partial charge is 0.167 e. The molecule has 46 heavy (non-hydrogen) atoms. The van der Waals surface area contributed by atoms with Crippen molar-refractivity contribution in [2.45, 2.75) is 100 Å². The van der Waals surface area contributed by atoms with E-state index in [0.717, 1.165) is 47.8 Å². The molecule has 0 saturated carbocycles. The molecule has 0 bridgehead atoms. The van der Waals surface area contributed by atoms with Crippen LogP contribution in [-0.2, 0) is 30.3 Å². The van der Waals surface area contributed by atoms with Crippen molar-refractivity contribution in [3.05, 3.63) is 89.0 Å². The van der Waals surface area contributed by atoms with Gasteiger partial charge in [-0.2, -0.15) is 0 Å². The number of rotatable bonds is 8. The fourth-order valence-electron chi connectivity index (χ4n) is 6.00. The van der Waals surface area contributed by atoms with Crippen molar-refractivity contribution in [1.82, 2.24) is 4.98 Å². The maximum atomic E-state index is 12.5. The molecule has 0 fully saturated rings. The second-order valence-corrected chi connectivity index (χ2v) is 14.8. The second-order valence-electron chi connectivity index (χ2n) is 13.9. The summed E-state index contributed by atoms with van der Waals surface area (Å²) in [6, 6.07) is 25.1. The number of Topliss-reactive ketones (excluding diaryl/α,β-unsaturated/α-hetero) is 1. The molecule has 0 saturated heterocycles. The van der Waals surface area contributed by atoms with Crippen LogP contribution < -0.4 is 0 Å². The predicted octanol–water partition coefficient (Wildman–Crippen LogP) is 12.4. The number of carbonyl (C=O) groups is 1. The molecule has 1 radical (unpaired) electrons. The number of hydrogen-bond acceptors (Lipinski definition) is 4. The minimum Gasteiger partial charge on any atom is -0.511 e. The van der Waals surface area contributed by atoms with Gasteiger partial charge in [-0.05, 0) is 60.9 Å². The number of aromatic nitrogens is 1. The van der Waals surface area contributed by atoms with Crippen LogP contribution in [0.1, 0.15) is 100 Å². The van der Waals surface area contributed by atoms with Gasteiger partial charge in [0.15, 0.2) is 5.78 Å². The summed E-state index contributed by atoms with van der Waals surface area (Å²) in [6.45, 7) is 20.8. The SMILES string of the molecule is CC(C)(C)c1cc(-c2nc3ccccc3c3ccsc23)[c-]c2ccccc12.CCC(C)(CC)C(=O)/C(C)=C(\O)C(C)(CC)CC.[Ir]. The molecule has 1 N–H and O–H groups in total. The molecule has 2 heterocycles. The largest absolute Gasteiger partial charge is 0.511 e. The van der Waals surface area contributed by atoms with E-state index >= 15 is 0 Å². The number of thiophene rings is 1. The molecule has 5 rings (SSSR count). The summed E-state index contributed by atoms with van der Waals surface area (Å²) in [6.07, 6.45) is 3.30. The van der Waals surface area contributed by atoms with E-state index < -0.39 is 0 Å². The third kappa shape index (κ3) is 7.33. The first-order valence-corrected chi connectivity index (χ1v) is 17.3. The fourth-order valence-corrected chi connectivity index (χ4v) is 6.92. The second kappa shape index (κ2) is 14.9.